The van der Waals surface area contributed by atoms with Crippen LogP contribution in [0.3, 0.4) is 0 Å². The molecule has 0 spiro atoms. The van der Waals surface area contributed by atoms with Gasteiger partial charge in [0.25, 0.3) is 5.92 Å². The first kappa shape index (κ1) is 16.5. The lowest BCUT2D eigenvalue weighted by molar-refractivity contribution is 0.0223. The normalized spacial score (nSPS) is 22.6. The molecule has 0 saturated carbocycles. The van der Waals surface area contributed by atoms with Crippen LogP contribution in [0.1, 0.15) is 27.2 Å². The maximum atomic E-state index is 13.9. The van der Waals surface area contributed by atoms with E-state index >= 15 is 0 Å². The summed E-state index contributed by atoms with van der Waals surface area (Å²) in [6.45, 7) is 5.25. The van der Waals surface area contributed by atoms with Crippen molar-refractivity contribution in [2.45, 2.75) is 44.8 Å². The van der Waals surface area contributed by atoms with E-state index in [4.69, 9.17) is 4.74 Å². The molecule has 4 nitrogen and oxygen atoms in total. The number of alkyl halides is 2. The number of benzene rings is 1. The van der Waals surface area contributed by atoms with Crippen molar-refractivity contribution in [2.75, 3.05) is 22.9 Å². The Bertz CT molecular complexity index is 645. The van der Waals surface area contributed by atoms with Crippen molar-refractivity contribution >= 4 is 33.4 Å². The number of nitrogens with zero attached hydrogens (tertiary/aromatic N) is 2. The summed E-state index contributed by atoms with van der Waals surface area (Å²) in [5.41, 5.74) is 0.610. The maximum Gasteiger partial charge on any atom is 0.414 e. The van der Waals surface area contributed by atoms with Crippen LogP contribution in [-0.4, -0.2) is 36.7 Å². The second kappa shape index (κ2) is 5.33. The van der Waals surface area contributed by atoms with Gasteiger partial charge in [-0.1, -0.05) is 15.9 Å². The van der Waals surface area contributed by atoms with Crippen molar-refractivity contribution in [1.29, 1.82) is 0 Å². The fourth-order valence-electron chi connectivity index (χ4n) is 3.10. The van der Waals surface area contributed by atoms with E-state index in [-0.39, 0.29) is 19.5 Å². The van der Waals surface area contributed by atoms with Gasteiger partial charge in [0.1, 0.15) is 5.60 Å². The van der Waals surface area contributed by atoms with Gasteiger partial charge >= 0.3 is 6.09 Å². The number of anilines is 2. The van der Waals surface area contributed by atoms with Gasteiger partial charge in [-0.3, -0.25) is 4.90 Å². The van der Waals surface area contributed by atoms with E-state index in [1.165, 1.54) is 4.90 Å². The first-order valence-electron chi connectivity index (χ1n) is 7.50. The summed E-state index contributed by atoms with van der Waals surface area (Å²) in [6.07, 6.45) is -0.755. The van der Waals surface area contributed by atoms with Crippen LogP contribution < -0.4 is 9.80 Å². The SMILES string of the molecule is CC(C)(C)OC(=O)N1C[C@@H]2CC(F)(F)CN2c2cc(Br)ccc21. The summed E-state index contributed by atoms with van der Waals surface area (Å²) in [5.74, 6) is -2.74. The Morgan fingerprint density at radius 2 is 2.04 bits per heavy atom. The van der Waals surface area contributed by atoms with Gasteiger partial charge in [0, 0.05) is 17.4 Å². The van der Waals surface area contributed by atoms with Crippen molar-refractivity contribution in [3.05, 3.63) is 22.7 Å². The van der Waals surface area contributed by atoms with Crippen molar-refractivity contribution in [3.63, 3.8) is 0 Å². The van der Waals surface area contributed by atoms with Gasteiger partial charge in [-0.15, -0.1) is 0 Å². The van der Waals surface area contributed by atoms with Gasteiger partial charge in [0.05, 0.1) is 24.0 Å². The van der Waals surface area contributed by atoms with Crippen LogP contribution in [-0.2, 0) is 4.74 Å². The average Bonchev–Trinajstić information content (AvgIpc) is 2.70. The van der Waals surface area contributed by atoms with Crippen LogP contribution in [0.15, 0.2) is 22.7 Å². The Morgan fingerprint density at radius 1 is 1.35 bits per heavy atom. The van der Waals surface area contributed by atoms with E-state index < -0.39 is 23.7 Å². The fourth-order valence-corrected chi connectivity index (χ4v) is 3.45. The van der Waals surface area contributed by atoms with Crippen molar-refractivity contribution < 1.29 is 18.3 Å². The van der Waals surface area contributed by atoms with Crippen molar-refractivity contribution in [2.24, 2.45) is 0 Å². The molecule has 1 fully saturated rings. The lowest BCUT2D eigenvalue weighted by Crippen LogP contribution is -2.49. The van der Waals surface area contributed by atoms with Crippen molar-refractivity contribution in [1.82, 2.24) is 0 Å². The molecule has 2 aliphatic heterocycles. The van der Waals surface area contributed by atoms with Crippen LogP contribution >= 0.6 is 15.9 Å². The molecule has 0 N–H and O–H groups in total. The average molecular weight is 389 g/mol. The monoisotopic (exact) mass is 388 g/mol. The molecule has 0 bridgehead atoms. The lowest BCUT2D eigenvalue weighted by Gasteiger charge is -2.40. The van der Waals surface area contributed by atoms with E-state index in [0.29, 0.717) is 11.4 Å². The number of carbonyl (C=O) groups is 1. The molecular formula is C16H19BrF2N2O2. The van der Waals surface area contributed by atoms with Crippen LogP contribution in [0, 0.1) is 0 Å². The molecule has 1 saturated heterocycles. The van der Waals surface area contributed by atoms with Crippen LogP contribution in [0.2, 0.25) is 0 Å². The molecule has 23 heavy (non-hydrogen) atoms. The fraction of sp³-hybridized carbons (Fsp3) is 0.562. The summed E-state index contributed by atoms with van der Waals surface area (Å²) in [4.78, 5) is 15.7. The van der Waals surface area contributed by atoms with Gasteiger partial charge in [-0.2, -0.15) is 0 Å². The highest BCUT2D eigenvalue weighted by Crippen LogP contribution is 2.45. The standard InChI is InChI=1S/C16H19BrF2N2O2/c1-15(2,3)23-14(22)20-8-11-7-16(18,19)9-21(11)13-6-10(17)4-5-12(13)20/h4-6,11H,7-9H2,1-3H3/t11-/m0/s1. The third-order valence-electron chi connectivity index (χ3n) is 3.92. The molecule has 0 radical (unpaired) electrons. The Labute approximate surface area is 142 Å². The van der Waals surface area contributed by atoms with E-state index in [2.05, 4.69) is 15.9 Å². The highest BCUT2D eigenvalue weighted by Gasteiger charge is 2.49. The van der Waals surface area contributed by atoms with Gasteiger partial charge in [-0.25, -0.2) is 13.6 Å². The molecule has 0 aromatic heterocycles. The number of rotatable bonds is 0. The summed E-state index contributed by atoms with van der Waals surface area (Å²) in [5, 5.41) is 0. The molecule has 7 heteroatoms. The zero-order chi connectivity index (χ0) is 17.0. The Balaban J connectivity index is 1.98. The van der Waals surface area contributed by atoms with Crippen LogP contribution in [0.25, 0.3) is 0 Å². The molecule has 1 aromatic carbocycles. The van der Waals surface area contributed by atoms with Gasteiger partial charge in [0.15, 0.2) is 0 Å². The second-order valence-electron chi connectivity index (χ2n) is 7.07. The summed E-state index contributed by atoms with van der Waals surface area (Å²) >= 11 is 3.37. The quantitative estimate of drug-likeness (QED) is 0.659. The number of carbonyl (C=O) groups excluding carboxylic acids is 1. The molecule has 2 heterocycles. The number of ether oxygens (including phenoxy) is 1. The van der Waals surface area contributed by atoms with E-state index in [9.17, 15) is 13.6 Å². The lowest BCUT2D eigenvalue weighted by atomic mass is 10.1. The predicted octanol–water partition coefficient (Wildman–Crippen LogP) is 4.42. The Kier molecular flexibility index (Phi) is 3.82. The number of fused-ring (bicyclic) bond motifs is 3. The van der Waals surface area contributed by atoms with E-state index in [0.717, 1.165) is 4.47 Å². The minimum Gasteiger partial charge on any atom is -0.443 e. The molecule has 126 valence electrons. The zero-order valence-electron chi connectivity index (χ0n) is 13.3. The largest absolute Gasteiger partial charge is 0.443 e. The van der Waals surface area contributed by atoms with Crippen LogP contribution in [0.4, 0.5) is 25.0 Å². The summed E-state index contributed by atoms with van der Waals surface area (Å²) in [7, 11) is 0. The first-order valence-corrected chi connectivity index (χ1v) is 8.30. The number of halogens is 3. The summed E-state index contributed by atoms with van der Waals surface area (Å²) in [6, 6.07) is 4.93. The van der Waals surface area contributed by atoms with Gasteiger partial charge in [-0.05, 0) is 39.0 Å². The number of hydrogen-bond acceptors (Lipinski definition) is 3. The maximum absolute atomic E-state index is 13.9. The number of amides is 1. The van der Waals surface area contributed by atoms with E-state index in [1.807, 2.05) is 0 Å². The molecule has 3 rings (SSSR count). The van der Waals surface area contributed by atoms with Crippen LogP contribution in [0.5, 0.6) is 0 Å². The minimum atomic E-state index is -2.74. The third kappa shape index (κ3) is 3.29. The number of hydrogen-bond donors (Lipinski definition) is 0. The molecular weight excluding hydrogens is 370 g/mol. The molecule has 0 aliphatic carbocycles. The van der Waals surface area contributed by atoms with Crippen molar-refractivity contribution in [3.8, 4) is 0 Å². The highest BCUT2D eigenvalue weighted by atomic mass is 79.9. The summed E-state index contributed by atoms with van der Waals surface area (Å²) < 4.78 is 33.9. The second-order valence-corrected chi connectivity index (χ2v) is 7.98. The first-order chi connectivity index (χ1) is 10.6. The molecule has 1 atom stereocenters. The molecule has 1 aromatic rings. The zero-order valence-corrected chi connectivity index (χ0v) is 14.9. The van der Waals surface area contributed by atoms with E-state index in [1.54, 1.807) is 43.9 Å². The Hall–Kier alpha value is -1.37. The Morgan fingerprint density at radius 3 is 2.70 bits per heavy atom. The third-order valence-corrected chi connectivity index (χ3v) is 4.41. The van der Waals surface area contributed by atoms with Gasteiger partial charge in [0.2, 0.25) is 0 Å². The topological polar surface area (TPSA) is 32.8 Å². The highest BCUT2D eigenvalue weighted by molar-refractivity contribution is 9.10. The smallest absolute Gasteiger partial charge is 0.414 e. The minimum absolute atomic E-state index is 0.207. The molecule has 1 amide bonds. The van der Waals surface area contributed by atoms with Gasteiger partial charge < -0.3 is 9.64 Å². The molecule has 2 aliphatic rings. The predicted molar refractivity (Wildman–Crippen MR) is 88.4 cm³/mol. The molecule has 0 unspecified atom stereocenters.